The minimum Gasteiger partial charge on any atom is -0.459 e. The lowest BCUT2D eigenvalue weighted by atomic mass is 10.3. The highest BCUT2D eigenvalue weighted by Gasteiger charge is 2.30. The van der Waals surface area contributed by atoms with Crippen LogP contribution in [0.3, 0.4) is 0 Å². The van der Waals surface area contributed by atoms with Gasteiger partial charge in [0.25, 0.3) is 0 Å². The molecule has 0 aromatic heterocycles. The summed E-state index contributed by atoms with van der Waals surface area (Å²) in [6, 6.07) is 0. The molecule has 0 aliphatic carbocycles. The summed E-state index contributed by atoms with van der Waals surface area (Å²) in [5.74, 6) is 0.612. The van der Waals surface area contributed by atoms with Gasteiger partial charge in [0.2, 0.25) is 0 Å². The summed E-state index contributed by atoms with van der Waals surface area (Å²) in [5.41, 5.74) is 0.0462. The smallest absolute Gasteiger partial charge is 0.347 e. The van der Waals surface area contributed by atoms with Crippen LogP contribution in [0.4, 0.5) is 0 Å². The van der Waals surface area contributed by atoms with Crippen molar-refractivity contribution in [2.75, 3.05) is 11.5 Å². The molecule has 1 rings (SSSR count). The Hall–Kier alpha value is -0.620. The molecule has 0 atom stereocenters. The van der Waals surface area contributed by atoms with Crippen molar-refractivity contribution in [1.29, 1.82) is 0 Å². The number of hydrogen-bond donors (Lipinski definition) is 0. The van der Waals surface area contributed by atoms with Crippen LogP contribution in [0.2, 0.25) is 0 Å². The van der Waals surface area contributed by atoms with E-state index in [1.165, 1.54) is 23.5 Å². The molecule has 0 radical (unpaired) electrons. The molecule has 0 aromatic rings. The third kappa shape index (κ3) is 4.57. The molecule has 0 unspecified atom stereocenters. The molecule has 1 fully saturated rings. The van der Waals surface area contributed by atoms with Crippen LogP contribution < -0.4 is 0 Å². The Kier molecular flexibility index (Phi) is 6.08. The maximum absolute atomic E-state index is 12.0. The first-order valence-electron chi connectivity index (χ1n) is 5.83. The van der Waals surface area contributed by atoms with Crippen molar-refractivity contribution >= 4 is 35.5 Å². The van der Waals surface area contributed by atoms with E-state index in [0.717, 1.165) is 11.5 Å². The predicted octanol–water partition coefficient (Wildman–Crippen LogP) is 2.58. The third-order valence-corrected chi connectivity index (χ3v) is 4.56. The van der Waals surface area contributed by atoms with Crippen molar-refractivity contribution in [2.45, 2.75) is 39.9 Å². The molecule has 6 heteroatoms. The third-order valence-electron chi connectivity index (χ3n) is 1.85. The lowest BCUT2D eigenvalue weighted by Gasteiger charge is -2.13. The summed E-state index contributed by atoms with van der Waals surface area (Å²) >= 11 is 3.00. The van der Waals surface area contributed by atoms with Gasteiger partial charge in [0.1, 0.15) is 0 Å². The summed E-state index contributed by atoms with van der Waals surface area (Å²) in [4.78, 5) is 23.9. The lowest BCUT2D eigenvalue weighted by Crippen LogP contribution is -2.23. The normalized spacial score (nSPS) is 15.1. The highest BCUT2D eigenvalue weighted by molar-refractivity contribution is 8.25. The first kappa shape index (κ1) is 15.4. The molecule has 18 heavy (non-hydrogen) atoms. The van der Waals surface area contributed by atoms with Crippen molar-refractivity contribution in [3.8, 4) is 0 Å². The van der Waals surface area contributed by atoms with Gasteiger partial charge < -0.3 is 9.47 Å². The number of hydrogen-bond acceptors (Lipinski definition) is 6. The zero-order valence-corrected chi connectivity index (χ0v) is 12.7. The molecular formula is C12H18O4S2. The number of esters is 2. The number of ether oxygens (including phenoxy) is 2. The summed E-state index contributed by atoms with van der Waals surface area (Å²) in [5, 5.41) is 0. The van der Waals surface area contributed by atoms with Crippen molar-refractivity contribution in [3.05, 3.63) is 9.81 Å². The fourth-order valence-corrected chi connectivity index (χ4v) is 3.74. The molecule has 102 valence electrons. The summed E-state index contributed by atoms with van der Waals surface area (Å²) in [7, 11) is 0. The molecule has 0 spiro atoms. The zero-order valence-electron chi connectivity index (χ0n) is 11.0. The van der Waals surface area contributed by atoms with Gasteiger partial charge in [-0.15, -0.1) is 23.5 Å². The topological polar surface area (TPSA) is 52.6 Å². The quantitative estimate of drug-likeness (QED) is 0.343. The molecule has 1 aliphatic rings. The van der Waals surface area contributed by atoms with E-state index >= 15 is 0 Å². The van der Waals surface area contributed by atoms with Gasteiger partial charge in [-0.25, -0.2) is 9.59 Å². The Labute approximate surface area is 116 Å². The highest BCUT2D eigenvalue weighted by Crippen LogP contribution is 2.39. The molecule has 4 nitrogen and oxygen atoms in total. The van der Waals surface area contributed by atoms with Crippen LogP contribution >= 0.6 is 23.5 Å². The fraction of sp³-hybridized carbons (Fsp3) is 0.667. The second-order valence-electron chi connectivity index (χ2n) is 4.27. The van der Waals surface area contributed by atoms with Gasteiger partial charge in [0.05, 0.1) is 16.4 Å². The van der Waals surface area contributed by atoms with E-state index in [1.807, 2.05) is 0 Å². The molecule has 0 N–H and O–H groups in total. The number of rotatable bonds is 4. The first-order valence-corrected chi connectivity index (χ1v) is 7.80. The maximum atomic E-state index is 12.0. The number of carbonyl (C=O) groups is 2. The van der Waals surface area contributed by atoms with Crippen molar-refractivity contribution in [1.82, 2.24) is 0 Å². The SMILES string of the molecule is CC(C)OC(=O)C(C(=O)OC(C)C)=C1SCCS1. The molecule has 0 amide bonds. The second-order valence-corrected chi connectivity index (χ2v) is 6.74. The minimum absolute atomic E-state index is 0.0462. The van der Waals surface area contributed by atoms with Gasteiger partial charge in [-0.1, -0.05) is 0 Å². The molecule has 1 aliphatic heterocycles. The van der Waals surface area contributed by atoms with E-state index in [1.54, 1.807) is 27.7 Å². The number of carbonyl (C=O) groups excluding carboxylic acids is 2. The molecule has 0 bridgehead atoms. The van der Waals surface area contributed by atoms with Gasteiger partial charge in [-0.3, -0.25) is 0 Å². The van der Waals surface area contributed by atoms with Gasteiger partial charge in [-0.05, 0) is 27.7 Å². The van der Waals surface area contributed by atoms with Crippen LogP contribution in [0.1, 0.15) is 27.7 Å². The van der Waals surface area contributed by atoms with E-state index in [0.29, 0.717) is 4.24 Å². The molecule has 0 aromatic carbocycles. The van der Waals surface area contributed by atoms with Crippen LogP contribution in [0.5, 0.6) is 0 Å². The van der Waals surface area contributed by atoms with E-state index in [9.17, 15) is 9.59 Å². The average molecular weight is 290 g/mol. The highest BCUT2D eigenvalue weighted by atomic mass is 32.2. The fourth-order valence-electron chi connectivity index (χ4n) is 1.25. The molecular weight excluding hydrogens is 272 g/mol. The standard InChI is InChI=1S/C12H18O4S2/c1-7(2)15-10(13)9(11(14)16-8(3)4)12-17-5-6-18-12/h7-8H,5-6H2,1-4H3. The summed E-state index contributed by atoms with van der Waals surface area (Å²) in [6.45, 7) is 7.01. The summed E-state index contributed by atoms with van der Waals surface area (Å²) in [6.07, 6.45) is -0.507. The average Bonchev–Trinajstić information content (AvgIpc) is 2.68. The Morgan fingerprint density at radius 2 is 1.33 bits per heavy atom. The Morgan fingerprint density at radius 3 is 1.67 bits per heavy atom. The van der Waals surface area contributed by atoms with Gasteiger partial charge in [0.15, 0.2) is 5.57 Å². The lowest BCUT2D eigenvalue weighted by molar-refractivity contribution is -0.150. The van der Waals surface area contributed by atoms with Crippen LogP contribution in [0.25, 0.3) is 0 Å². The zero-order chi connectivity index (χ0) is 13.7. The van der Waals surface area contributed by atoms with Crippen LogP contribution in [0, 0.1) is 0 Å². The first-order chi connectivity index (χ1) is 8.41. The largest absolute Gasteiger partial charge is 0.459 e. The van der Waals surface area contributed by atoms with E-state index in [2.05, 4.69) is 0 Å². The monoisotopic (exact) mass is 290 g/mol. The maximum Gasteiger partial charge on any atom is 0.347 e. The predicted molar refractivity (Wildman–Crippen MR) is 74.4 cm³/mol. The van der Waals surface area contributed by atoms with Crippen LogP contribution in [-0.4, -0.2) is 35.7 Å². The minimum atomic E-state index is -0.590. The number of thioether (sulfide) groups is 2. The van der Waals surface area contributed by atoms with Crippen LogP contribution in [-0.2, 0) is 19.1 Å². The Bertz CT molecular complexity index is 329. The van der Waals surface area contributed by atoms with Gasteiger partial charge in [0, 0.05) is 11.5 Å². The molecule has 1 saturated heterocycles. The van der Waals surface area contributed by atoms with Gasteiger partial charge in [-0.2, -0.15) is 0 Å². The van der Waals surface area contributed by atoms with E-state index in [-0.39, 0.29) is 17.8 Å². The summed E-state index contributed by atoms with van der Waals surface area (Å²) < 4.78 is 10.9. The Morgan fingerprint density at radius 1 is 0.944 bits per heavy atom. The second kappa shape index (κ2) is 7.09. The van der Waals surface area contributed by atoms with Crippen molar-refractivity contribution < 1.29 is 19.1 Å². The van der Waals surface area contributed by atoms with E-state index < -0.39 is 11.9 Å². The molecule has 0 saturated carbocycles. The molecule has 1 heterocycles. The van der Waals surface area contributed by atoms with Crippen molar-refractivity contribution in [2.24, 2.45) is 0 Å². The Balaban J connectivity index is 2.92. The van der Waals surface area contributed by atoms with Crippen molar-refractivity contribution in [3.63, 3.8) is 0 Å². The van der Waals surface area contributed by atoms with Gasteiger partial charge >= 0.3 is 11.9 Å². The van der Waals surface area contributed by atoms with E-state index in [4.69, 9.17) is 9.47 Å². The van der Waals surface area contributed by atoms with Crippen LogP contribution in [0.15, 0.2) is 9.81 Å².